The van der Waals surface area contributed by atoms with Crippen molar-refractivity contribution in [2.45, 2.75) is 19.9 Å². The van der Waals surface area contributed by atoms with Crippen molar-refractivity contribution in [3.05, 3.63) is 60.4 Å². The molecule has 1 unspecified atom stereocenters. The van der Waals surface area contributed by atoms with Crippen molar-refractivity contribution in [1.29, 1.82) is 0 Å². The van der Waals surface area contributed by atoms with Crippen molar-refractivity contribution >= 4 is 17.6 Å². The predicted octanol–water partition coefficient (Wildman–Crippen LogP) is 2.98. The van der Waals surface area contributed by atoms with Crippen LogP contribution in [0.25, 0.3) is 0 Å². The van der Waals surface area contributed by atoms with Crippen LogP contribution < -0.4 is 5.32 Å². The Kier molecular flexibility index (Phi) is 6.95. The molecule has 0 aliphatic heterocycles. The van der Waals surface area contributed by atoms with E-state index in [1.54, 1.807) is 38.2 Å². The molecule has 25 heavy (non-hydrogen) atoms. The minimum Gasteiger partial charge on any atom is -0.465 e. The molecule has 6 nitrogen and oxygen atoms in total. The van der Waals surface area contributed by atoms with Crippen molar-refractivity contribution in [1.82, 2.24) is 4.98 Å². The van der Waals surface area contributed by atoms with E-state index in [-0.39, 0.29) is 13.2 Å². The summed E-state index contributed by atoms with van der Waals surface area (Å²) in [6.07, 6.45) is 1.61. The Hall–Kier alpha value is -2.89. The first kappa shape index (κ1) is 18.4. The van der Waals surface area contributed by atoms with Gasteiger partial charge in [-0.2, -0.15) is 0 Å². The van der Waals surface area contributed by atoms with Crippen LogP contribution in [0.2, 0.25) is 0 Å². The summed E-state index contributed by atoms with van der Waals surface area (Å²) in [4.78, 5) is 29.3. The Morgan fingerprint density at radius 2 is 1.56 bits per heavy atom. The molecule has 0 bridgehead atoms. The van der Waals surface area contributed by atoms with Gasteiger partial charge in [-0.05, 0) is 38.1 Å². The molecule has 2 aromatic rings. The van der Waals surface area contributed by atoms with Gasteiger partial charge >= 0.3 is 11.9 Å². The van der Waals surface area contributed by atoms with Gasteiger partial charge in [-0.1, -0.05) is 24.3 Å². The first-order valence-corrected chi connectivity index (χ1v) is 8.23. The predicted molar refractivity (Wildman–Crippen MR) is 93.8 cm³/mol. The topological polar surface area (TPSA) is 77.5 Å². The maximum atomic E-state index is 12.5. The summed E-state index contributed by atoms with van der Waals surface area (Å²) in [5, 5.41) is 3.21. The van der Waals surface area contributed by atoms with Gasteiger partial charge < -0.3 is 14.8 Å². The molecule has 0 spiro atoms. The molecule has 0 radical (unpaired) electrons. The average molecular weight is 342 g/mol. The van der Waals surface area contributed by atoms with Crippen LogP contribution in [0.1, 0.15) is 25.6 Å². The molecule has 0 saturated heterocycles. The fourth-order valence-corrected chi connectivity index (χ4v) is 2.43. The molecule has 0 aliphatic rings. The molecule has 132 valence electrons. The Labute approximate surface area is 147 Å². The first-order valence-electron chi connectivity index (χ1n) is 8.23. The molecule has 1 atom stereocenters. The van der Waals surface area contributed by atoms with Gasteiger partial charge in [-0.15, -0.1) is 0 Å². The maximum absolute atomic E-state index is 12.5. The van der Waals surface area contributed by atoms with Crippen molar-refractivity contribution in [2.24, 2.45) is 5.92 Å². The van der Waals surface area contributed by atoms with E-state index in [1.165, 1.54) is 0 Å². The molecule has 1 N–H and O–H groups in total. The number of nitrogens with zero attached hydrogens (tertiary/aromatic N) is 1. The number of rotatable bonds is 8. The van der Waals surface area contributed by atoms with Crippen molar-refractivity contribution in [3.63, 3.8) is 0 Å². The van der Waals surface area contributed by atoms with Crippen LogP contribution in [-0.2, 0) is 19.1 Å². The first-order chi connectivity index (χ1) is 12.2. The van der Waals surface area contributed by atoms with Crippen LogP contribution >= 0.6 is 0 Å². The minimum absolute atomic E-state index is 0.176. The van der Waals surface area contributed by atoms with Gasteiger partial charge in [0.25, 0.3) is 0 Å². The SMILES string of the molecule is CCOC(=O)C(C(=O)OCC)C(Nc1ccccc1)c1ccccn1. The number of aromatic nitrogens is 1. The van der Waals surface area contributed by atoms with E-state index < -0.39 is 23.9 Å². The van der Waals surface area contributed by atoms with E-state index in [0.717, 1.165) is 5.69 Å². The highest BCUT2D eigenvalue weighted by atomic mass is 16.6. The number of hydrogen-bond donors (Lipinski definition) is 1. The van der Waals surface area contributed by atoms with Gasteiger partial charge in [0.2, 0.25) is 0 Å². The van der Waals surface area contributed by atoms with Crippen LogP contribution in [0.5, 0.6) is 0 Å². The second-order valence-corrected chi connectivity index (χ2v) is 5.22. The lowest BCUT2D eigenvalue weighted by Gasteiger charge is -2.25. The Morgan fingerprint density at radius 1 is 0.960 bits per heavy atom. The highest BCUT2D eigenvalue weighted by molar-refractivity contribution is 5.96. The summed E-state index contributed by atoms with van der Waals surface area (Å²) in [7, 11) is 0. The van der Waals surface area contributed by atoms with Crippen LogP contribution in [0, 0.1) is 5.92 Å². The second-order valence-electron chi connectivity index (χ2n) is 5.22. The summed E-state index contributed by atoms with van der Waals surface area (Å²) in [6, 6.07) is 13.9. The fourth-order valence-electron chi connectivity index (χ4n) is 2.43. The summed E-state index contributed by atoms with van der Waals surface area (Å²) in [5.74, 6) is -2.44. The highest BCUT2D eigenvalue weighted by Gasteiger charge is 2.39. The number of anilines is 1. The zero-order valence-electron chi connectivity index (χ0n) is 14.3. The van der Waals surface area contributed by atoms with Gasteiger partial charge in [-0.25, -0.2) is 0 Å². The molecule has 0 saturated carbocycles. The number of esters is 2. The number of pyridine rings is 1. The summed E-state index contributed by atoms with van der Waals surface area (Å²) in [6.45, 7) is 3.74. The van der Waals surface area contributed by atoms with E-state index in [9.17, 15) is 9.59 Å². The van der Waals surface area contributed by atoms with E-state index in [4.69, 9.17) is 9.47 Å². The Morgan fingerprint density at radius 3 is 2.08 bits per heavy atom. The number of hydrogen-bond acceptors (Lipinski definition) is 6. The maximum Gasteiger partial charge on any atom is 0.322 e. The number of carbonyl (C=O) groups excluding carboxylic acids is 2. The Balaban J connectivity index is 2.41. The van der Waals surface area contributed by atoms with Crippen molar-refractivity contribution in [2.75, 3.05) is 18.5 Å². The Bertz CT molecular complexity index is 658. The molecule has 0 amide bonds. The lowest BCUT2D eigenvalue weighted by Crippen LogP contribution is -2.37. The van der Waals surface area contributed by atoms with Gasteiger partial charge in [0.05, 0.1) is 24.9 Å². The molecule has 6 heteroatoms. The number of ether oxygens (including phenoxy) is 2. The minimum atomic E-state index is -1.16. The summed E-state index contributed by atoms with van der Waals surface area (Å²) < 4.78 is 10.2. The number of nitrogens with one attached hydrogen (secondary N) is 1. The molecular formula is C19H22N2O4. The van der Waals surface area contributed by atoms with E-state index >= 15 is 0 Å². The van der Waals surface area contributed by atoms with E-state index in [0.29, 0.717) is 5.69 Å². The van der Waals surface area contributed by atoms with Crippen LogP contribution in [-0.4, -0.2) is 30.1 Å². The molecule has 1 aromatic heterocycles. The number of carbonyl (C=O) groups is 2. The third-order valence-corrected chi connectivity index (χ3v) is 3.52. The second kappa shape index (κ2) is 9.42. The smallest absolute Gasteiger partial charge is 0.322 e. The van der Waals surface area contributed by atoms with Crippen LogP contribution in [0.3, 0.4) is 0 Å². The third kappa shape index (κ3) is 5.04. The van der Waals surface area contributed by atoms with Gasteiger partial charge in [0.15, 0.2) is 5.92 Å². The molecule has 2 rings (SSSR count). The van der Waals surface area contributed by atoms with Gasteiger partial charge in [0, 0.05) is 11.9 Å². The number of benzene rings is 1. The monoisotopic (exact) mass is 342 g/mol. The number of para-hydroxylation sites is 1. The van der Waals surface area contributed by atoms with E-state index in [2.05, 4.69) is 10.3 Å². The fraction of sp³-hybridized carbons (Fsp3) is 0.316. The third-order valence-electron chi connectivity index (χ3n) is 3.52. The zero-order valence-corrected chi connectivity index (χ0v) is 14.3. The van der Waals surface area contributed by atoms with Gasteiger partial charge in [0.1, 0.15) is 0 Å². The summed E-state index contributed by atoms with van der Waals surface area (Å²) >= 11 is 0. The van der Waals surface area contributed by atoms with Crippen molar-refractivity contribution in [3.8, 4) is 0 Å². The standard InChI is InChI=1S/C19H22N2O4/c1-3-24-18(22)16(19(23)25-4-2)17(15-12-8-9-13-20-15)21-14-10-6-5-7-11-14/h5-13,16-17,21H,3-4H2,1-2H3. The van der Waals surface area contributed by atoms with Crippen LogP contribution in [0.15, 0.2) is 54.7 Å². The molecule has 1 aromatic carbocycles. The van der Waals surface area contributed by atoms with Gasteiger partial charge in [-0.3, -0.25) is 14.6 Å². The molecule has 0 fully saturated rings. The lowest BCUT2D eigenvalue weighted by atomic mass is 9.95. The average Bonchev–Trinajstić information content (AvgIpc) is 2.63. The zero-order chi connectivity index (χ0) is 18.1. The molecular weight excluding hydrogens is 320 g/mol. The highest BCUT2D eigenvalue weighted by Crippen LogP contribution is 2.28. The van der Waals surface area contributed by atoms with Crippen molar-refractivity contribution < 1.29 is 19.1 Å². The van der Waals surface area contributed by atoms with E-state index in [1.807, 2.05) is 30.3 Å². The normalized spacial score (nSPS) is 11.6. The summed E-state index contributed by atoms with van der Waals surface area (Å²) in [5.41, 5.74) is 1.31. The molecule has 1 heterocycles. The quantitative estimate of drug-likeness (QED) is 0.587. The lowest BCUT2D eigenvalue weighted by molar-refractivity contribution is -0.162. The largest absolute Gasteiger partial charge is 0.465 e. The van der Waals surface area contributed by atoms with Crippen LogP contribution in [0.4, 0.5) is 5.69 Å². The molecule has 0 aliphatic carbocycles.